The van der Waals surface area contributed by atoms with Gasteiger partial charge in [-0.15, -0.1) is 0 Å². The predicted molar refractivity (Wildman–Crippen MR) is 86.0 cm³/mol. The Labute approximate surface area is 137 Å². The summed E-state index contributed by atoms with van der Waals surface area (Å²) < 4.78 is 53.7. The second-order valence-electron chi connectivity index (χ2n) is 6.01. The lowest BCUT2D eigenvalue weighted by Crippen LogP contribution is -2.37. The van der Waals surface area contributed by atoms with Gasteiger partial charge in [0.2, 0.25) is 20.0 Å². The van der Waals surface area contributed by atoms with Crippen molar-refractivity contribution < 1.29 is 16.8 Å². The zero-order valence-corrected chi connectivity index (χ0v) is 14.3. The van der Waals surface area contributed by atoms with Crippen LogP contribution in [0.5, 0.6) is 0 Å². The molecule has 9 heteroatoms. The third-order valence-corrected chi connectivity index (χ3v) is 7.00. The van der Waals surface area contributed by atoms with Crippen LogP contribution in [0.2, 0.25) is 0 Å². The minimum absolute atomic E-state index is 0.0176. The molecule has 0 amide bonds. The van der Waals surface area contributed by atoms with Crippen molar-refractivity contribution in [3.63, 3.8) is 0 Å². The molecule has 7 nitrogen and oxygen atoms in total. The van der Waals surface area contributed by atoms with E-state index in [1.807, 2.05) is 0 Å². The molecule has 23 heavy (non-hydrogen) atoms. The Morgan fingerprint density at radius 2 is 1.57 bits per heavy atom. The van der Waals surface area contributed by atoms with E-state index in [0.29, 0.717) is 6.54 Å². The van der Waals surface area contributed by atoms with Gasteiger partial charge in [0.15, 0.2) is 0 Å². The maximum absolute atomic E-state index is 12.2. The van der Waals surface area contributed by atoms with Gasteiger partial charge in [0.05, 0.1) is 9.79 Å². The summed E-state index contributed by atoms with van der Waals surface area (Å²) in [4.78, 5) is 0.154. The molecule has 1 saturated carbocycles. The molecule has 2 aliphatic rings. The number of hydrogen-bond donors (Lipinski definition) is 3. The SMILES string of the molecule is O=S(=O)(NCC1CCCN1)c1ccc(S(=O)(=O)NC2CC2)cc1. The minimum atomic E-state index is -3.63. The number of hydrogen-bond acceptors (Lipinski definition) is 5. The third kappa shape index (κ3) is 4.30. The van der Waals surface area contributed by atoms with Crippen LogP contribution in [0, 0.1) is 0 Å². The van der Waals surface area contributed by atoms with Gasteiger partial charge in [0.25, 0.3) is 0 Å². The van der Waals surface area contributed by atoms with Crippen LogP contribution in [0.25, 0.3) is 0 Å². The summed E-state index contributed by atoms with van der Waals surface area (Å²) in [6.45, 7) is 1.25. The smallest absolute Gasteiger partial charge is 0.240 e. The Balaban J connectivity index is 1.67. The molecule has 3 rings (SSSR count). The molecule has 1 aliphatic carbocycles. The first-order valence-corrected chi connectivity index (χ1v) is 10.7. The Morgan fingerprint density at radius 3 is 2.09 bits per heavy atom. The zero-order valence-electron chi connectivity index (χ0n) is 12.7. The van der Waals surface area contributed by atoms with Crippen LogP contribution >= 0.6 is 0 Å². The molecule has 128 valence electrons. The quantitative estimate of drug-likeness (QED) is 0.643. The predicted octanol–water partition coefficient (Wildman–Crippen LogP) is 0.158. The monoisotopic (exact) mass is 359 g/mol. The first kappa shape index (κ1) is 16.8. The maximum Gasteiger partial charge on any atom is 0.240 e. The van der Waals surface area contributed by atoms with E-state index in [-0.39, 0.29) is 21.9 Å². The van der Waals surface area contributed by atoms with Gasteiger partial charge in [-0.3, -0.25) is 0 Å². The molecule has 0 spiro atoms. The lowest BCUT2D eigenvalue weighted by molar-refractivity contribution is 0.551. The summed E-state index contributed by atoms with van der Waals surface area (Å²) >= 11 is 0. The van der Waals surface area contributed by atoms with Crippen LogP contribution in [0.1, 0.15) is 25.7 Å². The third-order valence-electron chi connectivity index (χ3n) is 4.03. The first-order valence-electron chi connectivity index (χ1n) is 7.72. The fourth-order valence-corrected chi connectivity index (χ4v) is 4.90. The van der Waals surface area contributed by atoms with Crippen molar-refractivity contribution in [2.75, 3.05) is 13.1 Å². The molecule has 1 aromatic carbocycles. The molecule has 1 atom stereocenters. The molecule has 1 aromatic rings. The van der Waals surface area contributed by atoms with Crippen LogP contribution in [0.3, 0.4) is 0 Å². The molecule has 0 aromatic heterocycles. The molecule has 3 N–H and O–H groups in total. The van der Waals surface area contributed by atoms with Crippen LogP contribution in [-0.2, 0) is 20.0 Å². The van der Waals surface area contributed by atoms with Crippen LogP contribution in [0.4, 0.5) is 0 Å². The van der Waals surface area contributed by atoms with E-state index in [9.17, 15) is 16.8 Å². The fraction of sp³-hybridized carbons (Fsp3) is 0.571. The summed E-state index contributed by atoms with van der Waals surface area (Å²) in [5, 5.41) is 3.22. The Bertz CT molecular complexity index is 750. The fourth-order valence-electron chi connectivity index (χ4n) is 2.51. The average Bonchev–Trinajstić information content (AvgIpc) is 3.16. The van der Waals surface area contributed by atoms with Crippen molar-refractivity contribution in [1.29, 1.82) is 0 Å². The Morgan fingerprint density at radius 1 is 0.957 bits per heavy atom. The molecule has 1 heterocycles. The summed E-state index contributed by atoms with van der Waals surface area (Å²) in [7, 11) is -7.19. The van der Waals surface area contributed by atoms with Crippen molar-refractivity contribution in [2.24, 2.45) is 0 Å². The minimum Gasteiger partial charge on any atom is -0.313 e. The standard InChI is InChI=1S/C14H21N3O4S2/c18-22(19,16-10-12-2-1-9-15-12)13-5-7-14(8-6-13)23(20,21)17-11-3-4-11/h5-8,11-12,15-17H,1-4,9-10H2. The number of benzene rings is 1. The normalized spacial score (nSPS) is 22.3. The molecule has 1 aliphatic heterocycles. The topological polar surface area (TPSA) is 104 Å². The second-order valence-corrected chi connectivity index (χ2v) is 9.49. The van der Waals surface area contributed by atoms with E-state index in [1.54, 1.807) is 0 Å². The van der Waals surface area contributed by atoms with Crippen molar-refractivity contribution in [3.8, 4) is 0 Å². The van der Waals surface area contributed by atoms with Crippen molar-refractivity contribution in [3.05, 3.63) is 24.3 Å². The average molecular weight is 359 g/mol. The molecule has 0 bridgehead atoms. The first-order chi connectivity index (χ1) is 10.9. The molecule has 1 unspecified atom stereocenters. The Kier molecular flexibility index (Phi) is 4.75. The van der Waals surface area contributed by atoms with Gasteiger partial charge in [-0.05, 0) is 56.5 Å². The largest absolute Gasteiger partial charge is 0.313 e. The van der Waals surface area contributed by atoms with Gasteiger partial charge in [0, 0.05) is 18.6 Å². The van der Waals surface area contributed by atoms with Crippen molar-refractivity contribution in [1.82, 2.24) is 14.8 Å². The summed E-state index contributed by atoms with van der Waals surface area (Å²) in [5.74, 6) is 0. The highest BCUT2D eigenvalue weighted by Gasteiger charge is 2.28. The van der Waals surface area contributed by atoms with Crippen molar-refractivity contribution in [2.45, 2.75) is 47.6 Å². The van der Waals surface area contributed by atoms with Crippen LogP contribution in [-0.4, -0.2) is 42.0 Å². The highest BCUT2D eigenvalue weighted by atomic mass is 32.2. The second kappa shape index (κ2) is 6.48. The van der Waals surface area contributed by atoms with E-state index in [1.165, 1.54) is 24.3 Å². The van der Waals surface area contributed by atoms with E-state index in [0.717, 1.165) is 32.2 Å². The lowest BCUT2D eigenvalue weighted by atomic mass is 10.2. The molecule has 1 saturated heterocycles. The Hall–Kier alpha value is -1.00. The van der Waals surface area contributed by atoms with E-state index in [4.69, 9.17) is 0 Å². The van der Waals surface area contributed by atoms with Gasteiger partial charge in [-0.2, -0.15) is 0 Å². The van der Waals surface area contributed by atoms with E-state index >= 15 is 0 Å². The lowest BCUT2D eigenvalue weighted by Gasteiger charge is -2.12. The van der Waals surface area contributed by atoms with Gasteiger partial charge in [0.1, 0.15) is 0 Å². The number of nitrogens with one attached hydrogen (secondary N) is 3. The van der Waals surface area contributed by atoms with E-state index < -0.39 is 20.0 Å². The van der Waals surface area contributed by atoms with Gasteiger partial charge >= 0.3 is 0 Å². The molecule has 2 fully saturated rings. The number of rotatable bonds is 7. The maximum atomic E-state index is 12.2. The summed E-state index contributed by atoms with van der Waals surface area (Å²) in [6, 6.07) is 5.48. The molecular weight excluding hydrogens is 338 g/mol. The number of sulfonamides is 2. The summed E-state index contributed by atoms with van der Waals surface area (Å²) in [5.41, 5.74) is 0. The van der Waals surface area contributed by atoms with Gasteiger partial charge < -0.3 is 5.32 Å². The van der Waals surface area contributed by atoms with Crippen molar-refractivity contribution >= 4 is 20.0 Å². The van der Waals surface area contributed by atoms with Gasteiger partial charge in [-0.1, -0.05) is 0 Å². The van der Waals surface area contributed by atoms with Crippen LogP contribution < -0.4 is 14.8 Å². The summed E-state index contributed by atoms with van der Waals surface area (Å²) in [6.07, 6.45) is 3.70. The van der Waals surface area contributed by atoms with Gasteiger partial charge in [-0.25, -0.2) is 26.3 Å². The molecular formula is C14H21N3O4S2. The molecule has 0 radical (unpaired) electrons. The van der Waals surface area contributed by atoms with E-state index in [2.05, 4.69) is 14.8 Å². The highest BCUT2D eigenvalue weighted by Crippen LogP contribution is 2.22. The highest BCUT2D eigenvalue weighted by molar-refractivity contribution is 7.90. The zero-order chi connectivity index (χ0) is 16.5. The van der Waals surface area contributed by atoms with Crippen LogP contribution in [0.15, 0.2) is 34.1 Å².